The molecule has 2 aromatic carbocycles. The van der Waals surface area contributed by atoms with Crippen molar-refractivity contribution in [3.8, 4) is 5.69 Å². The summed E-state index contributed by atoms with van der Waals surface area (Å²) in [6.45, 7) is 0. The summed E-state index contributed by atoms with van der Waals surface area (Å²) >= 11 is 11.7. The molecule has 2 nitrogen and oxygen atoms in total. The maximum Gasteiger partial charge on any atom is 0.141 e. The molecule has 102 valence electrons. The summed E-state index contributed by atoms with van der Waals surface area (Å²) in [4.78, 5) is 4.33. The fraction of sp³-hybridized carbons (Fsp3) is 0.0714. The number of alkyl halides is 1. The third kappa shape index (κ3) is 2.15. The molecular weight excluding hydrogens is 305 g/mol. The van der Waals surface area contributed by atoms with E-state index >= 15 is 0 Å². The first kappa shape index (κ1) is 13.3. The molecule has 0 unspecified atom stereocenters. The van der Waals surface area contributed by atoms with Gasteiger partial charge in [0.25, 0.3) is 0 Å². The Balaban J connectivity index is 2.32. The summed E-state index contributed by atoms with van der Waals surface area (Å²) in [5.41, 5.74) is 1.76. The molecule has 0 aliphatic heterocycles. The monoisotopic (exact) mass is 312 g/mol. The van der Waals surface area contributed by atoms with Crippen molar-refractivity contribution in [3.63, 3.8) is 0 Å². The zero-order chi connectivity index (χ0) is 14.3. The fourth-order valence-corrected chi connectivity index (χ4v) is 2.45. The first-order chi connectivity index (χ1) is 9.60. The molecular formula is C14H8Cl2F2N2. The van der Waals surface area contributed by atoms with E-state index < -0.39 is 5.82 Å². The van der Waals surface area contributed by atoms with Gasteiger partial charge in [-0.3, -0.25) is 4.57 Å². The largest absolute Gasteiger partial charge is 0.295 e. The van der Waals surface area contributed by atoms with Crippen LogP contribution in [0.2, 0.25) is 5.02 Å². The highest BCUT2D eigenvalue weighted by Crippen LogP contribution is 2.26. The SMILES string of the molecule is Fc1ccc2nc(CCl)n(-c3ccc(F)c(Cl)c3)c2c1. The van der Waals surface area contributed by atoms with Crippen molar-refractivity contribution >= 4 is 34.2 Å². The molecule has 0 N–H and O–H groups in total. The molecule has 3 rings (SSSR count). The van der Waals surface area contributed by atoms with Crippen molar-refractivity contribution in [1.82, 2.24) is 9.55 Å². The maximum absolute atomic E-state index is 13.4. The Hall–Kier alpha value is -1.65. The lowest BCUT2D eigenvalue weighted by molar-refractivity contribution is 0.627. The smallest absolute Gasteiger partial charge is 0.141 e. The van der Waals surface area contributed by atoms with Crippen molar-refractivity contribution in [2.24, 2.45) is 0 Å². The molecule has 0 radical (unpaired) electrons. The maximum atomic E-state index is 13.4. The lowest BCUT2D eigenvalue weighted by Crippen LogP contribution is -1.99. The zero-order valence-electron chi connectivity index (χ0n) is 10.1. The minimum atomic E-state index is -0.515. The van der Waals surface area contributed by atoms with E-state index in [9.17, 15) is 8.78 Å². The molecule has 3 aromatic rings. The average molecular weight is 313 g/mol. The summed E-state index contributed by atoms with van der Waals surface area (Å²) in [7, 11) is 0. The summed E-state index contributed by atoms with van der Waals surface area (Å²) in [6.07, 6.45) is 0. The van der Waals surface area contributed by atoms with Crippen molar-refractivity contribution in [2.75, 3.05) is 0 Å². The van der Waals surface area contributed by atoms with Gasteiger partial charge in [0.05, 0.1) is 21.9 Å². The van der Waals surface area contributed by atoms with Crippen LogP contribution < -0.4 is 0 Å². The van der Waals surface area contributed by atoms with Gasteiger partial charge in [-0.05, 0) is 30.3 Å². The molecule has 0 spiro atoms. The van der Waals surface area contributed by atoms with Crippen molar-refractivity contribution in [3.05, 3.63) is 58.9 Å². The third-order valence-corrected chi connectivity index (χ3v) is 3.50. The van der Waals surface area contributed by atoms with Crippen LogP contribution in [0, 0.1) is 11.6 Å². The molecule has 0 aliphatic carbocycles. The summed E-state index contributed by atoms with van der Waals surface area (Å²) in [5.74, 6) is -0.216. The molecule has 6 heteroatoms. The van der Waals surface area contributed by atoms with Gasteiger partial charge in [0.1, 0.15) is 17.5 Å². The van der Waals surface area contributed by atoms with E-state index in [1.54, 1.807) is 16.7 Å². The fourth-order valence-electron chi connectivity index (χ4n) is 2.10. The number of hydrogen-bond acceptors (Lipinski definition) is 1. The van der Waals surface area contributed by atoms with Crippen LogP contribution in [0.1, 0.15) is 5.82 Å². The number of imidazole rings is 1. The van der Waals surface area contributed by atoms with Crippen LogP contribution >= 0.6 is 23.2 Å². The van der Waals surface area contributed by atoms with E-state index in [-0.39, 0.29) is 16.7 Å². The van der Waals surface area contributed by atoms with Gasteiger partial charge >= 0.3 is 0 Å². The number of halogens is 4. The second-order valence-corrected chi connectivity index (χ2v) is 4.90. The number of fused-ring (bicyclic) bond motifs is 1. The third-order valence-electron chi connectivity index (χ3n) is 2.97. The van der Waals surface area contributed by atoms with Crippen LogP contribution in [0.15, 0.2) is 36.4 Å². The Morgan fingerprint density at radius 1 is 1.10 bits per heavy atom. The zero-order valence-corrected chi connectivity index (χ0v) is 11.6. The number of aromatic nitrogens is 2. The first-order valence-electron chi connectivity index (χ1n) is 5.78. The Kier molecular flexibility index (Phi) is 3.36. The molecule has 0 atom stereocenters. The van der Waals surface area contributed by atoms with Crippen LogP contribution in [0.25, 0.3) is 16.7 Å². The Bertz CT molecular complexity index is 799. The second kappa shape index (κ2) is 5.04. The molecule has 0 amide bonds. The summed E-state index contributed by atoms with van der Waals surface area (Å²) < 4.78 is 28.4. The topological polar surface area (TPSA) is 17.8 Å². The van der Waals surface area contributed by atoms with Crippen LogP contribution in [0.4, 0.5) is 8.78 Å². The van der Waals surface area contributed by atoms with Gasteiger partial charge in [-0.15, -0.1) is 11.6 Å². The predicted molar refractivity (Wildman–Crippen MR) is 75.6 cm³/mol. The van der Waals surface area contributed by atoms with E-state index in [1.807, 2.05) is 0 Å². The molecule has 20 heavy (non-hydrogen) atoms. The molecule has 0 saturated carbocycles. The Morgan fingerprint density at radius 3 is 2.60 bits per heavy atom. The highest BCUT2D eigenvalue weighted by atomic mass is 35.5. The lowest BCUT2D eigenvalue weighted by atomic mass is 10.2. The van der Waals surface area contributed by atoms with E-state index in [0.717, 1.165) is 0 Å². The van der Waals surface area contributed by atoms with Crippen molar-refractivity contribution in [1.29, 1.82) is 0 Å². The van der Waals surface area contributed by atoms with E-state index in [0.29, 0.717) is 22.5 Å². The number of nitrogens with zero attached hydrogens (tertiary/aromatic N) is 2. The predicted octanol–water partition coefficient (Wildman–Crippen LogP) is 4.70. The number of benzene rings is 2. The molecule has 1 heterocycles. The highest BCUT2D eigenvalue weighted by Gasteiger charge is 2.13. The van der Waals surface area contributed by atoms with E-state index in [4.69, 9.17) is 23.2 Å². The van der Waals surface area contributed by atoms with Crippen molar-refractivity contribution < 1.29 is 8.78 Å². The van der Waals surface area contributed by atoms with Gasteiger partial charge in [-0.25, -0.2) is 13.8 Å². The van der Waals surface area contributed by atoms with Crippen molar-refractivity contribution in [2.45, 2.75) is 5.88 Å². The highest BCUT2D eigenvalue weighted by molar-refractivity contribution is 6.30. The van der Waals surface area contributed by atoms with E-state index in [1.165, 1.54) is 24.3 Å². The minimum absolute atomic E-state index is 0.0127. The van der Waals surface area contributed by atoms with E-state index in [2.05, 4.69) is 4.98 Å². The first-order valence-corrected chi connectivity index (χ1v) is 6.69. The average Bonchev–Trinajstić information content (AvgIpc) is 2.79. The van der Waals surface area contributed by atoms with Gasteiger partial charge in [0.15, 0.2) is 0 Å². The Morgan fingerprint density at radius 2 is 1.90 bits per heavy atom. The Labute approximate surface area is 123 Å². The second-order valence-electron chi connectivity index (χ2n) is 4.23. The van der Waals surface area contributed by atoms with Crippen LogP contribution in [-0.4, -0.2) is 9.55 Å². The van der Waals surface area contributed by atoms with Crippen LogP contribution in [0.3, 0.4) is 0 Å². The van der Waals surface area contributed by atoms with Crippen LogP contribution in [-0.2, 0) is 5.88 Å². The molecule has 0 fully saturated rings. The van der Waals surface area contributed by atoms with Gasteiger partial charge in [0, 0.05) is 11.8 Å². The standard InChI is InChI=1S/C14H8Cl2F2N2/c15-7-14-19-12-4-1-8(17)5-13(12)20(14)9-2-3-11(18)10(16)6-9/h1-6H,7H2. The summed E-state index contributed by atoms with van der Waals surface area (Å²) in [5, 5.41) is -0.0127. The lowest BCUT2D eigenvalue weighted by Gasteiger charge is -2.08. The molecule has 0 saturated heterocycles. The minimum Gasteiger partial charge on any atom is -0.295 e. The van der Waals surface area contributed by atoms with Gasteiger partial charge < -0.3 is 0 Å². The van der Waals surface area contributed by atoms with Crippen LogP contribution in [0.5, 0.6) is 0 Å². The molecule has 0 bridgehead atoms. The normalized spacial score (nSPS) is 11.2. The quantitative estimate of drug-likeness (QED) is 0.627. The van der Waals surface area contributed by atoms with Gasteiger partial charge in [-0.1, -0.05) is 11.6 Å². The number of rotatable bonds is 2. The van der Waals surface area contributed by atoms with Gasteiger partial charge in [-0.2, -0.15) is 0 Å². The summed E-state index contributed by atoms with van der Waals surface area (Å²) in [6, 6.07) is 8.51. The number of hydrogen-bond donors (Lipinski definition) is 0. The molecule has 1 aromatic heterocycles. The molecule has 0 aliphatic rings. The van der Waals surface area contributed by atoms with Gasteiger partial charge in [0.2, 0.25) is 0 Å².